The monoisotopic (exact) mass is 468 g/mol. The van der Waals surface area contributed by atoms with Crippen LogP contribution in [0, 0.1) is 16.6 Å². The summed E-state index contributed by atoms with van der Waals surface area (Å²) in [7, 11) is 0. The van der Waals surface area contributed by atoms with Gasteiger partial charge in [-0.1, -0.05) is 12.1 Å². The van der Waals surface area contributed by atoms with Crippen molar-refractivity contribution in [3.63, 3.8) is 0 Å². The van der Waals surface area contributed by atoms with Gasteiger partial charge in [0.15, 0.2) is 5.75 Å². The molecule has 7 nitrogen and oxygen atoms in total. The van der Waals surface area contributed by atoms with Crippen LogP contribution in [0.15, 0.2) is 47.0 Å². The molecule has 1 amide bonds. The van der Waals surface area contributed by atoms with Gasteiger partial charge in [0.25, 0.3) is 5.56 Å². The van der Waals surface area contributed by atoms with Gasteiger partial charge >= 0.3 is 6.18 Å². The number of halogens is 4. The van der Waals surface area contributed by atoms with E-state index in [1.54, 1.807) is 6.92 Å². The summed E-state index contributed by atoms with van der Waals surface area (Å²) in [6.07, 6.45) is -3.00. The van der Waals surface area contributed by atoms with E-state index in [1.807, 2.05) is 0 Å². The fourth-order valence-electron chi connectivity index (χ4n) is 2.67. The Labute approximate surface area is 187 Å². The zero-order chi connectivity index (χ0) is 25.0. The molecule has 0 spiro atoms. The average Bonchev–Trinajstić information content (AvgIpc) is 2.70. The smallest absolute Gasteiger partial charge is 0.399 e. The average molecular weight is 468 g/mol. The van der Waals surface area contributed by atoms with Gasteiger partial charge in [0.1, 0.15) is 11.7 Å². The van der Waals surface area contributed by atoms with Crippen molar-refractivity contribution in [2.24, 2.45) is 11.1 Å². The standard InChI is InChI=1S/C22H24F4N4O3/c1-4-33-16-8-14(11-29-20(16)32)12-5-6-13(15(23)7-12)9-19(31)30-18(28)10-17(27)21(2,3)22(24,25)26/h5-8,10-11H,4,9,27H2,1-3H3,(H,29,32)(H2,28,30,31). The van der Waals surface area contributed by atoms with Crippen LogP contribution in [0.25, 0.3) is 11.1 Å². The molecule has 5 N–H and O–H groups in total. The number of alkyl halides is 3. The molecular formula is C22H24F4N4O3. The van der Waals surface area contributed by atoms with Gasteiger partial charge in [-0.3, -0.25) is 15.0 Å². The number of benzene rings is 1. The first-order valence-electron chi connectivity index (χ1n) is 9.83. The Kier molecular flexibility index (Phi) is 7.68. The van der Waals surface area contributed by atoms with E-state index in [0.717, 1.165) is 13.8 Å². The molecule has 0 atom stereocenters. The molecule has 0 saturated carbocycles. The second-order valence-electron chi connectivity index (χ2n) is 7.68. The summed E-state index contributed by atoms with van der Waals surface area (Å²) >= 11 is 0. The largest absolute Gasteiger partial charge is 0.488 e. The van der Waals surface area contributed by atoms with Crippen LogP contribution in [0.3, 0.4) is 0 Å². The minimum Gasteiger partial charge on any atom is -0.488 e. The van der Waals surface area contributed by atoms with Gasteiger partial charge in [0.05, 0.1) is 18.4 Å². The summed E-state index contributed by atoms with van der Waals surface area (Å²) in [5.41, 5.74) is 2.91. The number of amidine groups is 1. The zero-order valence-electron chi connectivity index (χ0n) is 18.2. The molecule has 0 radical (unpaired) electrons. The van der Waals surface area contributed by atoms with Gasteiger partial charge in [-0.2, -0.15) is 13.2 Å². The lowest BCUT2D eigenvalue weighted by atomic mass is 9.88. The highest BCUT2D eigenvalue weighted by Crippen LogP contribution is 2.41. The molecule has 2 rings (SSSR count). The first-order chi connectivity index (χ1) is 15.3. The maximum Gasteiger partial charge on any atom is 0.399 e. The van der Waals surface area contributed by atoms with Gasteiger partial charge in [0, 0.05) is 17.5 Å². The van der Waals surface area contributed by atoms with Crippen LogP contribution in [0.5, 0.6) is 5.75 Å². The second-order valence-corrected chi connectivity index (χ2v) is 7.68. The fraction of sp³-hybridized carbons (Fsp3) is 0.318. The van der Waals surface area contributed by atoms with E-state index in [9.17, 15) is 27.2 Å². The van der Waals surface area contributed by atoms with Gasteiger partial charge in [0.2, 0.25) is 5.91 Å². The number of carbonyl (C=O) groups excluding carboxylic acids is 1. The van der Waals surface area contributed by atoms with Crippen LogP contribution in [0.1, 0.15) is 26.3 Å². The number of amides is 1. The van der Waals surface area contributed by atoms with E-state index in [4.69, 9.17) is 15.9 Å². The van der Waals surface area contributed by atoms with Crippen LogP contribution in [-0.2, 0) is 11.2 Å². The normalized spacial score (nSPS) is 12.4. The van der Waals surface area contributed by atoms with Crippen LogP contribution in [-0.4, -0.2) is 29.5 Å². The Balaban J connectivity index is 2.12. The van der Waals surface area contributed by atoms with Crippen LogP contribution in [0.4, 0.5) is 17.6 Å². The van der Waals surface area contributed by atoms with Crippen molar-refractivity contribution in [3.8, 4) is 16.9 Å². The van der Waals surface area contributed by atoms with Crippen molar-refractivity contribution in [3.05, 3.63) is 64.0 Å². The van der Waals surface area contributed by atoms with Crippen molar-refractivity contribution in [1.82, 2.24) is 10.3 Å². The Morgan fingerprint density at radius 3 is 2.48 bits per heavy atom. The minimum absolute atomic E-state index is 0.00563. The quantitative estimate of drug-likeness (QED) is 0.282. The van der Waals surface area contributed by atoms with Crippen molar-refractivity contribution in [2.45, 2.75) is 33.4 Å². The maximum absolute atomic E-state index is 14.6. The third kappa shape index (κ3) is 6.21. The van der Waals surface area contributed by atoms with Crippen molar-refractivity contribution in [1.29, 1.82) is 5.41 Å². The van der Waals surface area contributed by atoms with E-state index in [1.165, 1.54) is 30.5 Å². The van der Waals surface area contributed by atoms with Crippen LogP contribution in [0.2, 0.25) is 0 Å². The Hall–Kier alpha value is -3.63. The fourth-order valence-corrected chi connectivity index (χ4v) is 2.67. The number of nitrogens with one attached hydrogen (secondary N) is 3. The molecule has 33 heavy (non-hydrogen) atoms. The molecule has 1 aromatic carbocycles. The van der Waals surface area contributed by atoms with Crippen LogP contribution >= 0.6 is 0 Å². The predicted octanol–water partition coefficient (Wildman–Crippen LogP) is 3.65. The summed E-state index contributed by atoms with van der Waals surface area (Å²) in [5.74, 6) is -2.09. The highest BCUT2D eigenvalue weighted by atomic mass is 19.4. The molecule has 1 heterocycles. The Morgan fingerprint density at radius 2 is 1.91 bits per heavy atom. The molecule has 0 fully saturated rings. The number of aromatic nitrogens is 1. The van der Waals surface area contributed by atoms with Gasteiger partial charge in [-0.15, -0.1) is 0 Å². The Morgan fingerprint density at radius 1 is 1.24 bits per heavy atom. The first kappa shape index (κ1) is 25.6. The number of allylic oxidation sites excluding steroid dienone is 1. The van der Waals surface area contributed by atoms with E-state index < -0.39 is 46.8 Å². The van der Waals surface area contributed by atoms with Gasteiger partial charge in [-0.05, 0) is 50.1 Å². The summed E-state index contributed by atoms with van der Waals surface area (Å²) in [6.45, 7) is 3.69. The number of ether oxygens (including phenoxy) is 1. The van der Waals surface area contributed by atoms with E-state index in [0.29, 0.717) is 17.2 Å². The summed E-state index contributed by atoms with van der Waals surface area (Å²) in [6, 6.07) is 5.52. The highest BCUT2D eigenvalue weighted by Gasteiger charge is 2.49. The lowest BCUT2D eigenvalue weighted by molar-refractivity contribution is -0.197. The third-order valence-electron chi connectivity index (χ3n) is 4.91. The lowest BCUT2D eigenvalue weighted by Gasteiger charge is -2.28. The number of aromatic amines is 1. The number of rotatable bonds is 7. The minimum atomic E-state index is -4.64. The second kappa shape index (κ2) is 9.88. The molecule has 0 bridgehead atoms. The van der Waals surface area contributed by atoms with Crippen molar-refractivity contribution >= 4 is 11.7 Å². The summed E-state index contributed by atoms with van der Waals surface area (Å²) < 4.78 is 58.8. The maximum atomic E-state index is 14.6. The molecule has 0 saturated heterocycles. The molecule has 0 aliphatic carbocycles. The van der Waals surface area contributed by atoms with E-state index in [2.05, 4.69) is 10.3 Å². The molecule has 0 aliphatic heterocycles. The van der Waals surface area contributed by atoms with Crippen molar-refractivity contribution < 1.29 is 27.1 Å². The number of H-pyrrole nitrogens is 1. The van der Waals surface area contributed by atoms with Crippen molar-refractivity contribution in [2.75, 3.05) is 6.61 Å². The number of nitrogens with two attached hydrogens (primary N) is 1. The topological polar surface area (TPSA) is 121 Å². The van der Waals surface area contributed by atoms with E-state index in [-0.39, 0.29) is 17.9 Å². The number of pyridine rings is 1. The zero-order valence-corrected chi connectivity index (χ0v) is 18.2. The van der Waals surface area contributed by atoms with Gasteiger partial charge < -0.3 is 20.8 Å². The van der Waals surface area contributed by atoms with E-state index >= 15 is 0 Å². The SMILES string of the molecule is CCOc1cc(-c2ccc(CC(=O)NC(=N)C=C(N)C(C)(C)C(F)(F)F)c(F)c2)c[nH]c1=O. The molecule has 178 valence electrons. The molecule has 0 unspecified atom stereocenters. The van der Waals surface area contributed by atoms with Crippen LogP contribution < -0.4 is 21.3 Å². The molecular weight excluding hydrogens is 444 g/mol. The first-order valence-corrected chi connectivity index (χ1v) is 9.83. The predicted molar refractivity (Wildman–Crippen MR) is 115 cm³/mol. The molecule has 0 aliphatic rings. The molecule has 1 aromatic heterocycles. The van der Waals surface area contributed by atoms with Gasteiger partial charge in [-0.25, -0.2) is 4.39 Å². The Bertz CT molecular complexity index is 1140. The molecule has 11 heteroatoms. The lowest BCUT2D eigenvalue weighted by Crippen LogP contribution is -2.39. The highest BCUT2D eigenvalue weighted by molar-refractivity contribution is 6.03. The molecule has 2 aromatic rings. The summed E-state index contributed by atoms with van der Waals surface area (Å²) in [5, 5.41) is 9.76. The number of hydrogen-bond donors (Lipinski definition) is 4. The third-order valence-corrected chi connectivity index (χ3v) is 4.91. The summed E-state index contributed by atoms with van der Waals surface area (Å²) in [4.78, 5) is 26.4. The number of hydrogen-bond acceptors (Lipinski definition) is 5. The number of carbonyl (C=O) groups is 1.